The number of aromatic amines is 1. The fourth-order valence-corrected chi connectivity index (χ4v) is 1.71. The molecule has 0 aromatic carbocycles. The lowest BCUT2D eigenvalue weighted by Crippen LogP contribution is -2.25. The summed E-state index contributed by atoms with van der Waals surface area (Å²) < 4.78 is 5.32. The summed E-state index contributed by atoms with van der Waals surface area (Å²) in [5.74, 6) is -0.194. The van der Waals surface area contributed by atoms with Crippen LogP contribution in [0.15, 0.2) is 0 Å². The van der Waals surface area contributed by atoms with Gasteiger partial charge in [-0.05, 0) is 27.2 Å². The summed E-state index contributed by atoms with van der Waals surface area (Å²) >= 11 is 0. The van der Waals surface area contributed by atoms with Crippen LogP contribution in [0.5, 0.6) is 0 Å². The Morgan fingerprint density at radius 1 is 1.39 bits per heavy atom. The Bertz CT molecular complexity index is 393. The number of carbonyl (C=O) groups is 1. The molecular formula is C13H23N3O2. The second-order valence-corrected chi connectivity index (χ2v) is 5.60. The predicted molar refractivity (Wildman–Crippen MR) is 69.5 cm³/mol. The van der Waals surface area contributed by atoms with Crippen LogP contribution in [0, 0.1) is 0 Å². The quantitative estimate of drug-likeness (QED) is 0.819. The largest absolute Gasteiger partial charge is 0.455 e. The summed E-state index contributed by atoms with van der Waals surface area (Å²) in [4.78, 5) is 12.0. The highest BCUT2D eigenvalue weighted by molar-refractivity contribution is 5.88. The number of H-pyrrole nitrogens is 1. The van der Waals surface area contributed by atoms with Crippen molar-refractivity contribution in [2.45, 2.75) is 65.4 Å². The first-order chi connectivity index (χ1) is 8.35. The molecule has 0 aliphatic heterocycles. The number of carbonyl (C=O) groups excluding carboxylic acids is 1. The molecule has 5 nitrogen and oxygen atoms in total. The van der Waals surface area contributed by atoms with Crippen LogP contribution in [-0.2, 0) is 4.74 Å². The molecule has 0 saturated heterocycles. The van der Waals surface area contributed by atoms with Gasteiger partial charge in [-0.3, -0.25) is 0 Å². The minimum absolute atomic E-state index is 0.214. The van der Waals surface area contributed by atoms with Crippen LogP contribution in [-0.4, -0.2) is 27.0 Å². The molecule has 18 heavy (non-hydrogen) atoms. The second-order valence-electron chi connectivity index (χ2n) is 5.60. The van der Waals surface area contributed by atoms with Crippen LogP contribution in [0.1, 0.15) is 76.0 Å². The maximum atomic E-state index is 12.0. The maximum absolute atomic E-state index is 12.0. The molecule has 5 heteroatoms. The third-order valence-electron chi connectivity index (χ3n) is 2.62. The Balaban J connectivity index is 2.78. The number of rotatable bonds is 5. The molecule has 1 atom stereocenters. The lowest BCUT2D eigenvalue weighted by Gasteiger charge is -2.19. The van der Waals surface area contributed by atoms with E-state index in [0.29, 0.717) is 11.4 Å². The van der Waals surface area contributed by atoms with Crippen LogP contribution >= 0.6 is 0 Å². The minimum atomic E-state index is -0.514. The van der Waals surface area contributed by atoms with Crippen LogP contribution in [0.25, 0.3) is 0 Å². The van der Waals surface area contributed by atoms with Gasteiger partial charge in [-0.15, -0.1) is 5.10 Å². The van der Waals surface area contributed by atoms with E-state index < -0.39 is 11.6 Å². The summed E-state index contributed by atoms with van der Waals surface area (Å²) in [6.45, 7) is 9.72. The monoisotopic (exact) mass is 253 g/mol. The predicted octanol–water partition coefficient (Wildman–Crippen LogP) is 3.05. The van der Waals surface area contributed by atoms with Crippen LogP contribution in [0.4, 0.5) is 0 Å². The van der Waals surface area contributed by atoms with Crippen LogP contribution in [0.2, 0.25) is 0 Å². The van der Waals surface area contributed by atoms with E-state index in [9.17, 15) is 4.79 Å². The van der Waals surface area contributed by atoms with E-state index >= 15 is 0 Å². The molecule has 0 fully saturated rings. The van der Waals surface area contributed by atoms with Gasteiger partial charge in [0.1, 0.15) is 11.3 Å². The Kier molecular flexibility index (Phi) is 4.87. The first-order valence-electron chi connectivity index (χ1n) is 6.49. The third-order valence-corrected chi connectivity index (χ3v) is 2.62. The lowest BCUT2D eigenvalue weighted by atomic mass is 9.99. The van der Waals surface area contributed by atoms with E-state index in [4.69, 9.17) is 4.74 Å². The fourth-order valence-electron chi connectivity index (χ4n) is 1.71. The smallest absolute Gasteiger partial charge is 0.361 e. The van der Waals surface area contributed by atoms with Gasteiger partial charge in [0.15, 0.2) is 5.69 Å². The molecule has 0 saturated carbocycles. The van der Waals surface area contributed by atoms with Gasteiger partial charge < -0.3 is 4.74 Å². The number of nitrogens with zero attached hydrogens (tertiary/aromatic N) is 2. The molecule has 0 amide bonds. The van der Waals surface area contributed by atoms with Crippen molar-refractivity contribution in [2.75, 3.05) is 0 Å². The number of ether oxygens (including phenoxy) is 1. The summed E-state index contributed by atoms with van der Waals surface area (Å²) in [6, 6.07) is 0. The zero-order valence-corrected chi connectivity index (χ0v) is 11.9. The molecule has 1 aromatic rings. The molecule has 0 spiro atoms. The molecule has 0 radical (unpaired) electrons. The summed E-state index contributed by atoms with van der Waals surface area (Å²) in [6.07, 6.45) is 3.24. The van der Waals surface area contributed by atoms with Crippen LogP contribution < -0.4 is 0 Å². The number of esters is 1. The Morgan fingerprint density at radius 2 is 2.06 bits per heavy atom. The molecule has 1 heterocycles. The van der Waals surface area contributed by atoms with Crippen molar-refractivity contribution in [1.82, 2.24) is 15.4 Å². The zero-order valence-electron chi connectivity index (χ0n) is 11.9. The van der Waals surface area contributed by atoms with Crippen LogP contribution in [0.3, 0.4) is 0 Å². The average Bonchev–Trinajstić information content (AvgIpc) is 2.72. The molecule has 102 valence electrons. The molecule has 1 unspecified atom stereocenters. The highest BCUT2D eigenvalue weighted by Gasteiger charge is 2.25. The Hall–Kier alpha value is -1.39. The van der Waals surface area contributed by atoms with Crippen molar-refractivity contribution >= 4 is 5.97 Å². The maximum Gasteiger partial charge on any atom is 0.361 e. The first-order valence-corrected chi connectivity index (χ1v) is 6.49. The first kappa shape index (κ1) is 14.7. The van der Waals surface area contributed by atoms with Crippen molar-refractivity contribution in [3.63, 3.8) is 0 Å². The van der Waals surface area contributed by atoms with E-state index in [-0.39, 0.29) is 5.92 Å². The SMILES string of the molecule is CCCCC(C)c1n[nH]nc1C(=O)OC(C)(C)C. The molecule has 1 N–H and O–H groups in total. The molecule has 0 bridgehead atoms. The van der Waals surface area contributed by atoms with E-state index in [1.54, 1.807) is 0 Å². The third kappa shape index (κ3) is 4.13. The molecule has 0 aliphatic rings. The standard InChI is InChI=1S/C13H23N3O2/c1-6-7-8-9(2)10-11(15-16-14-10)12(17)18-13(3,4)5/h9H,6-8H2,1-5H3,(H,14,15,16). The van der Waals surface area contributed by atoms with Crippen molar-refractivity contribution < 1.29 is 9.53 Å². The van der Waals surface area contributed by atoms with Gasteiger partial charge in [0.2, 0.25) is 0 Å². The number of aromatic nitrogens is 3. The molecule has 1 aromatic heterocycles. The fraction of sp³-hybridized carbons (Fsp3) is 0.769. The highest BCUT2D eigenvalue weighted by Crippen LogP contribution is 2.23. The molecule has 1 rings (SSSR count). The van der Waals surface area contributed by atoms with E-state index in [0.717, 1.165) is 19.3 Å². The number of hydrogen-bond acceptors (Lipinski definition) is 4. The lowest BCUT2D eigenvalue weighted by molar-refractivity contribution is 0.00610. The van der Waals surface area contributed by atoms with Gasteiger partial charge >= 0.3 is 5.97 Å². The van der Waals surface area contributed by atoms with Gasteiger partial charge in [-0.25, -0.2) is 4.79 Å². The average molecular weight is 253 g/mol. The van der Waals surface area contributed by atoms with E-state index in [2.05, 4.69) is 29.3 Å². The Labute approximate surface area is 108 Å². The summed E-state index contributed by atoms with van der Waals surface area (Å²) in [7, 11) is 0. The van der Waals surface area contributed by atoms with E-state index in [1.807, 2.05) is 20.8 Å². The summed E-state index contributed by atoms with van der Waals surface area (Å²) in [5.41, 5.74) is 0.506. The second kappa shape index (κ2) is 5.98. The zero-order chi connectivity index (χ0) is 13.8. The Morgan fingerprint density at radius 3 is 2.61 bits per heavy atom. The van der Waals surface area contributed by atoms with Crippen molar-refractivity contribution in [3.05, 3.63) is 11.4 Å². The van der Waals surface area contributed by atoms with Gasteiger partial charge in [-0.1, -0.05) is 26.7 Å². The van der Waals surface area contributed by atoms with E-state index in [1.165, 1.54) is 0 Å². The summed E-state index contributed by atoms with van der Waals surface area (Å²) in [5, 5.41) is 10.5. The van der Waals surface area contributed by atoms with Gasteiger partial charge in [0, 0.05) is 5.92 Å². The highest BCUT2D eigenvalue weighted by atomic mass is 16.6. The van der Waals surface area contributed by atoms with Crippen molar-refractivity contribution in [3.8, 4) is 0 Å². The number of unbranched alkanes of at least 4 members (excludes halogenated alkanes) is 1. The van der Waals surface area contributed by atoms with Crippen molar-refractivity contribution in [1.29, 1.82) is 0 Å². The van der Waals surface area contributed by atoms with Crippen molar-refractivity contribution in [2.24, 2.45) is 0 Å². The molecule has 0 aliphatic carbocycles. The van der Waals surface area contributed by atoms with Gasteiger partial charge in [0.25, 0.3) is 0 Å². The normalized spacial score (nSPS) is 13.4. The number of hydrogen-bond donors (Lipinski definition) is 1. The topological polar surface area (TPSA) is 67.9 Å². The molecular weight excluding hydrogens is 230 g/mol. The van der Waals surface area contributed by atoms with Gasteiger partial charge in [0.05, 0.1) is 0 Å². The number of nitrogens with one attached hydrogen (secondary N) is 1. The van der Waals surface area contributed by atoms with Gasteiger partial charge in [-0.2, -0.15) is 10.3 Å². The minimum Gasteiger partial charge on any atom is -0.455 e.